The third kappa shape index (κ3) is 6.86. The molecule has 0 spiro atoms. The first kappa shape index (κ1) is 21.2. The number of ether oxygens (including phenoxy) is 1. The van der Waals surface area contributed by atoms with E-state index in [-0.39, 0.29) is 23.8 Å². The topological polar surface area (TPSA) is 76.5 Å². The molecule has 0 saturated carbocycles. The quantitative estimate of drug-likeness (QED) is 0.740. The maximum absolute atomic E-state index is 12.4. The van der Waals surface area contributed by atoms with Gasteiger partial charge in [0.2, 0.25) is 11.8 Å². The van der Waals surface area contributed by atoms with Gasteiger partial charge in [0.05, 0.1) is 18.8 Å². The lowest BCUT2D eigenvalue weighted by molar-refractivity contribution is -0.135. The fraction of sp³-hybridized carbons (Fsp3) is 0.722. The Morgan fingerprint density at radius 3 is 2.56 bits per heavy atom. The number of unbranched alkanes of at least 4 members (excludes halogenated alkanes) is 1. The van der Waals surface area contributed by atoms with Crippen LogP contribution in [0.5, 0.6) is 0 Å². The molecule has 2 amide bonds. The van der Waals surface area contributed by atoms with Crippen molar-refractivity contribution < 1.29 is 14.3 Å². The number of methoxy groups -OCH3 is 1. The van der Waals surface area contributed by atoms with Gasteiger partial charge >= 0.3 is 0 Å². The third-order valence-corrected chi connectivity index (χ3v) is 3.91. The number of rotatable bonds is 9. The lowest BCUT2D eigenvalue weighted by atomic mass is 9.92. The van der Waals surface area contributed by atoms with E-state index in [0.29, 0.717) is 25.4 Å². The predicted octanol–water partition coefficient (Wildman–Crippen LogP) is 2.32. The second kappa shape index (κ2) is 9.56. The summed E-state index contributed by atoms with van der Waals surface area (Å²) in [6.07, 6.45) is 2.22. The number of carbonyl (C=O) groups excluding carboxylic acids is 2. The summed E-state index contributed by atoms with van der Waals surface area (Å²) in [5.74, 6) is 0.376. The average Bonchev–Trinajstić information content (AvgIpc) is 2.90. The summed E-state index contributed by atoms with van der Waals surface area (Å²) < 4.78 is 6.70. The Hall–Kier alpha value is -1.89. The fourth-order valence-corrected chi connectivity index (χ4v) is 2.29. The molecule has 1 heterocycles. The van der Waals surface area contributed by atoms with Gasteiger partial charge in [0, 0.05) is 38.6 Å². The maximum atomic E-state index is 12.4. The Morgan fingerprint density at radius 2 is 2.04 bits per heavy atom. The number of nitrogens with zero attached hydrogens (tertiary/aromatic N) is 3. The number of nitrogens with one attached hydrogen (secondary N) is 1. The summed E-state index contributed by atoms with van der Waals surface area (Å²) in [6.45, 7) is 9.08. The molecule has 0 aromatic carbocycles. The van der Waals surface area contributed by atoms with E-state index in [9.17, 15) is 9.59 Å². The zero-order valence-corrected chi connectivity index (χ0v) is 16.4. The minimum Gasteiger partial charge on any atom is -0.383 e. The molecule has 0 bridgehead atoms. The van der Waals surface area contributed by atoms with E-state index in [4.69, 9.17) is 4.74 Å². The number of hydrogen-bond donors (Lipinski definition) is 1. The molecule has 0 radical (unpaired) electrons. The molecule has 25 heavy (non-hydrogen) atoms. The molecule has 1 aromatic rings. The molecular formula is C18H32N4O3. The Morgan fingerprint density at radius 1 is 1.36 bits per heavy atom. The smallest absolute Gasteiger partial charge is 0.245 e. The largest absolute Gasteiger partial charge is 0.383 e. The summed E-state index contributed by atoms with van der Waals surface area (Å²) in [5.41, 5.74) is 0.807. The molecule has 7 heteroatoms. The van der Waals surface area contributed by atoms with Crippen LogP contribution in [-0.4, -0.2) is 53.3 Å². The van der Waals surface area contributed by atoms with Crippen LogP contribution in [0.2, 0.25) is 0 Å². The summed E-state index contributed by atoms with van der Waals surface area (Å²) in [6, 6.07) is 1.87. The van der Waals surface area contributed by atoms with Crippen LogP contribution in [0.3, 0.4) is 0 Å². The number of aromatic nitrogens is 2. The lowest BCUT2D eigenvalue weighted by Gasteiger charge is -2.21. The molecule has 0 atom stereocenters. The Labute approximate surface area is 150 Å². The SMILES string of the molecule is CCCCC(=O)N(CCOC)CC(=O)Nc1cc(C(C)(C)C)nn1C. The van der Waals surface area contributed by atoms with Crippen LogP contribution in [-0.2, 0) is 26.8 Å². The van der Waals surface area contributed by atoms with Crippen molar-refractivity contribution in [3.63, 3.8) is 0 Å². The molecule has 0 aliphatic heterocycles. The van der Waals surface area contributed by atoms with Gasteiger partial charge in [-0.15, -0.1) is 0 Å². The van der Waals surface area contributed by atoms with Gasteiger partial charge in [0.15, 0.2) is 0 Å². The molecule has 7 nitrogen and oxygen atoms in total. The molecule has 1 rings (SSSR count). The van der Waals surface area contributed by atoms with Gasteiger partial charge in [-0.05, 0) is 6.42 Å². The Bertz CT molecular complexity index is 575. The Kier molecular flexibility index (Phi) is 8.09. The fourth-order valence-electron chi connectivity index (χ4n) is 2.29. The first-order chi connectivity index (χ1) is 11.7. The number of anilines is 1. The maximum Gasteiger partial charge on any atom is 0.245 e. The zero-order chi connectivity index (χ0) is 19.0. The second-order valence-electron chi connectivity index (χ2n) is 7.25. The van der Waals surface area contributed by atoms with Crippen molar-refractivity contribution in [2.45, 2.75) is 52.4 Å². The number of amides is 2. The van der Waals surface area contributed by atoms with E-state index in [2.05, 4.69) is 31.2 Å². The van der Waals surface area contributed by atoms with Crippen molar-refractivity contribution in [3.8, 4) is 0 Å². The van der Waals surface area contributed by atoms with Gasteiger partial charge in [-0.1, -0.05) is 34.1 Å². The summed E-state index contributed by atoms with van der Waals surface area (Å²) in [4.78, 5) is 26.2. The molecule has 1 N–H and O–H groups in total. The lowest BCUT2D eigenvalue weighted by Crippen LogP contribution is -2.40. The van der Waals surface area contributed by atoms with Crippen LogP contribution in [0.25, 0.3) is 0 Å². The van der Waals surface area contributed by atoms with Crippen LogP contribution < -0.4 is 5.32 Å². The van der Waals surface area contributed by atoms with E-state index in [1.54, 1.807) is 23.7 Å². The second-order valence-corrected chi connectivity index (χ2v) is 7.25. The van der Waals surface area contributed by atoms with Gasteiger partial charge < -0.3 is 15.0 Å². The Balaban J connectivity index is 2.73. The third-order valence-electron chi connectivity index (χ3n) is 3.91. The first-order valence-corrected chi connectivity index (χ1v) is 8.80. The van der Waals surface area contributed by atoms with Crippen molar-refractivity contribution in [2.24, 2.45) is 7.05 Å². The van der Waals surface area contributed by atoms with Crippen LogP contribution in [0.1, 0.15) is 52.7 Å². The van der Waals surface area contributed by atoms with E-state index >= 15 is 0 Å². The molecule has 0 aliphatic carbocycles. The zero-order valence-electron chi connectivity index (χ0n) is 16.4. The summed E-state index contributed by atoms with van der Waals surface area (Å²) in [5, 5.41) is 7.29. The van der Waals surface area contributed by atoms with E-state index in [1.165, 1.54) is 0 Å². The molecule has 1 aromatic heterocycles. The number of hydrogen-bond acceptors (Lipinski definition) is 4. The highest BCUT2D eigenvalue weighted by atomic mass is 16.5. The monoisotopic (exact) mass is 352 g/mol. The standard InChI is InChI=1S/C18H32N4O3/c1-7-8-9-17(24)22(10-11-25-6)13-16(23)19-15-12-14(18(2,3)4)20-21(15)5/h12H,7-11,13H2,1-6H3,(H,19,23). The highest BCUT2D eigenvalue weighted by Crippen LogP contribution is 2.23. The van der Waals surface area contributed by atoms with E-state index in [0.717, 1.165) is 18.5 Å². The summed E-state index contributed by atoms with van der Waals surface area (Å²) >= 11 is 0. The van der Waals surface area contributed by atoms with Crippen molar-refractivity contribution >= 4 is 17.6 Å². The average molecular weight is 352 g/mol. The normalized spacial score (nSPS) is 11.4. The van der Waals surface area contributed by atoms with Gasteiger partial charge in [-0.3, -0.25) is 14.3 Å². The van der Waals surface area contributed by atoms with Crippen LogP contribution in [0.15, 0.2) is 6.07 Å². The van der Waals surface area contributed by atoms with Crippen molar-refractivity contribution in [2.75, 3.05) is 32.1 Å². The minimum atomic E-state index is -0.232. The highest BCUT2D eigenvalue weighted by molar-refractivity contribution is 5.94. The van der Waals surface area contributed by atoms with Gasteiger partial charge in [0.25, 0.3) is 0 Å². The highest BCUT2D eigenvalue weighted by Gasteiger charge is 2.21. The molecule has 0 saturated heterocycles. The van der Waals surface area contributed by atoms with Gasteiger partial charge in [-0.2, -0.15) is 5.10 Å². The van der Waals surface area contributed by atoms with Crippen molar-refractivity contribution in [1.29, 1.82) is 0 Å². The van der Waals surface area contributed by atoms with E-state index in [1.807, 2.05) is 13.0 Å². The number of aryl methyl sites for hydroxylation is 1. The molecule has 0 unspecified atom stereocenters. The molecule has 0 aliphatic rings. The molecular weight excluding hydrogens is 320 g/mol. The number of carbonyl (C=O) groups is 2. The van der Waals surface area contributed by atoms with Gasteiger partial charge in [-0.25, -0.2) is 0 Å². The van der Waals surface area contributed by atoms with Crippen LogP contribution >= 0.6 is 0 Å². The van der Waals surface area contributed by atoms with Crippen molar-refractivity contribution in [1.82, 2.24) is 14.7 Å². The van der Waals surface area contributed by atoms with Crippen LogP contribution in [0.4, 0.5) is 5.82 Å². The summed E-state index contributed by atoms with van der Waals surface area (Å²) in [7, 11) is 3.37. The van der Waals surface area contributed by atoms with E-state index < -0.39 is 0 Å². The molecule has 0 fully saturated rings. The van der Waals surface area contributed by atoms with Crippen molar-refractivity contribution in [3.05, 3.63) is 11.8 Å². The first-order valence-electron chi connectivity index (χ1n) is 8.80. The molecule has 142 valence electrons. The predicted molar refractivity (Wildman–Crippen MR) is 98.5 cm³/mol. The minimum absolute atomic E-state index is 0.0158. The van der Waals surface area contributed by atoms with Crippen LogP contribution in [0, 0.1) is 0 Å². The van der Waals surface area contributed by atoms with Gasteiger partial charge in [0.1, 0.15) is 5.82 Å².